The Labute approximate surface area is 89.7 Å². The Morgan fingerprint density at radius 2 is 2.00 bits per heavy atom. The molecule has 0 unspecified atom stereocenters. The van der Waals surface area contributed by atoms with Crippen molar-refractivity contribution >= 4 is 0 Å². The normalized spacial score (nSPS) is 16.3. The Morgan fingerprint density at radius 3 is 2.73 bits per heavy atom. The van der Waals surface area contributed by atoms with Crippen LogP contribution in [0.4, 0.5) is 0 Å². The lowest BCUT2D eigenvalue weighted by Gasteiger charge is -2.17. The molecule has 0 spiro atoms. The molecule has 0 aromatic heterocycles. The van der Waals surface area contributed by atoms with E-state index in [1.807, 2.05) is 6.92 Å². The fraction of sp³-hybridized carbons (Fsp3) is 0.500. The summed E-state index contributed by atoms with van der Waals surface area (Å²) in [5.74, 6) is 0. The van der Waals surface area contributed by atoms with Crippen molar-refractivity contribution in [1.29, 1.82) is 0 Å². The van der Waals surface area contributed by atoms with Crippen LogP contribution in [-0.2, 0) is 12.8 Å². The van der Waals surface area contributed by atoms with Crippen molar-refractivity contribution in [3.8, 4) is 0 Å². The van der Waals surface area contributed by atoms with Crippen molar-refractivity contribution in [1.82, 2.24) is 0 Å². The molecule has 15 heavy (non-hydrogen) atoms. The molecule has 0 radical (unpaired) electrons. The molecule has 78 valence electrons. The van der Waals surface area contributed by atoms with Gasteiger partial charge in [-0.05, 0) is 47.9 Å². The predicted octanol–water partition coefficient (Wildman–Crippen LogP) is 3.94. The van der Waals surface area contributed by atoms with Gasteiger partial charge >= 0.3 is 0 Å². The summed E-state index contributed by atoms with van der Waals surface area (Å²) in [6.45, 7) is 1.93. The molecule has 3 nitrogen and oxygen atoms in total. The molecule has 1 aliphatic rings. The van der Waals surface area contributed by atoms with Gasteiger partial charge in [-0.15, -0.1) is 0 Å². The van der Waals surface area contributed by atoms with Crippen molar-refractivity contribution in [2.45, 2.75) is 38.6 Å². The summed E-state index contributed by atoms with van der Waals surface area (Å²) in [5, 5.41) is 3.72. The molecule has 0 fully saturated rings. The number of nitrogens with zero attached hydrogens (tertiary/aromatic N) is 3. The Bertz CT molecular complexity index is 405. The van der Waals surface area contributed by atoms with Gasteiger partial charge in [-0.25, -0.2) is 0 Å². The van der Waals surface area contributed by atoms with E-state index in [4.69, 9.17) is 5.53 Å². The SMILES string of the molecule is C[C@H](N=[N+]=[N-])c1ccc2c(c1)CCCC2. The largest absolute Gasteiger partial charge is 0.0862 e. The van der Waals surface area contributed by atoms with Crippen LogP contribution in [-0.4, -0.2) is 0 Å². The van der Waals surface area contributed by atoms with Gasteiger partial charge in [-0.1, -0.05) is 30.2 Å². The van der Waals surface area contributed by atoms with Crippen LogP contribution in [0.5, 0.6) is 0 Å². The topological polar surface area (TPSA) is 48.8 Å². The quantitative estimate of drug-likeness (QED) is 0.395. The zero-order valence-electron chi connectivity index (χ0n) is 8.98. The highest BCUT2D eigenvalue weighted by molar-refractivity contribution is 5.35. The standard InChI is InChI=1S/C12H15N3/c1-9(14-15-13)11-7-6-10-4-2-3-5-12(10)8-11/h6-9H,2-5H2,1H3/t9-/m0/s1. The van der Waals surface area contributed by atoms with E-state index in [9.17, 15) is 0 Å². The number of azide groups is 1. The second-order valence-electron chi connectivity index (χ2n) is 4.12. The molecule has 0 heterocycles. The van der Waals surface area contributed by atoms with E-state index < -0.39 is 0 Å². The molecule has 1 aromatic rings. The maximum absolute atomic E-state index is 8.39. The van der Waals surface area contributed by atoms with Crippen molar-refractivity contribution < 1.29 is 0 Å². The predicted molar refractivity (Wildman–Crippen MR) is 60.6 cm³/mol. The van der Waals surface area contributed by atoms with Crippen molar-refractivity contribution in [2.24, 2.45) is 5.11 Å². The summed E-state index contributed by atoms with van der Waals surface area (Å²) in [6, 6.07) is 6.42. The van der Waals surface area contributed by atoms with Crippen LogP contribution in [0.3, 0.4) is 0 Å². The lowest BCUT2D eigenvalue weighted by atomic mass is 9.89. The molecule has 0 bridgehead atoms. The number of fused-ring (bicyclic) bond motifs is 1. The number of benzene rings is 1. The third-order valence-electron chi connectivity index (χ3n) is 3.08. The molecule has 0 saturated carbocycles. The summed E-state index contributed by atoms with van der Waals surface area (Å²) in [5.41, 5.74) is 12.4. The Kier molecular flexibility index (Phi) is 2.93. The molecule has 0 N–H and O–H groups in total. The van der Waals surface area contributed by atoms with Crippen LogP contribution >= 0.6 is 0 Å². The number of hydrogen-bond donors (Lipinski definition) is 0. The van der Waals surface area contributed by atoms with Gasteiger partial charge in [0.15, 0.2) is 0 Å². The summed E-state index contributed by atoms with van der Waals surface area (Å²) in [6.07, 6.45) is 4.96. The van der Waals surface area contributed by atoms with Crippen molar-refractivity contribution in [3.05, 3.63) is 45.3 Å². The molecule has 1 aliphatic carbocycles. The zero-order valence-corrected chi connectivity index (χ0v) is 8.98. The monoisotopic (exact) mass is 201 g/mol. The van der Waals surface area contributed by atoms with Crippen molar-refractivity contribution in [2.75, 3.05) is 0 Å². The lowest BCUT2D eigenvalue weighted by molar-refractivity contribution is 0.681. The summed E-state index contributed by atoms with van der Waals surface area (Å²) < 4.78 is 0. The van der Waals surface area contributed by atoms with Crippen LogP contribution < -0.4 is 0 Å². The van der Waals surface area contributed by atoms with Gasteiger partial charge in [0.05, 0.1) is 6.04 Å². The first-order chi connectivity index (χ1) is 7.31. The molecule has 0 aliphatic heterocycles. The Balaban J connectivity index is 2.31. The molecule has 3 heteroatoms. The number of aryl methyl sites for hydroxylation is 2. The van der Waals surface area contributed by atoms with Crippen LogP contribution in [0.1, 0.15) is 42.5 Å². The van der Waals surface area contributed by atoms with E-state index in [0.717, 1.165) is 5.56 Å². The maximum Gasteiger partial charge on any atom is 0.0597 e. The van der Waals surface area contributed by atoms with Crippen LogP contribution in [0.15, 0.2) is 23.3 Å². The van der Waals surface area contributed by atoms with Gasteiger partial charge in [0.25, 0.3) is 0 Å². The van der Waals surface area contributed by atoms with Gasteiger partial charge in [-0.2, -0.15) is 0 Å². The van der Waals surface area contributed by atoms with E-state index >= 15 is 0 Å². The highest BCUT2D eigenvalue weighted by Gasteiger charge is 2.11. The first kappa shape index (κ1) is 10.1. The molecular formula is C12H15N3. The number of hydrogen-bond acceptors (Lipinski definition) is 1. The molecular weight excluding hydrogens is 186 g/mol. The average Bonchev–Trinajstić information content (AvgIpc) is 2.29. The highest BCUT2D eigenvalue weighted by atomic mass is 15.1. The maximum atomic E-state index is 8.39. The molecule has 2 rings (SSSR count). The second kappa shape index (κ2) is 4.37. The van der Waals surface area contributed by atoms with Gasteiger partial charge in [0.1, 0.15) is 0 Å². The first-order valence-corrected chi connectivity index (χ1v) is 5.47. The van der Waals surface area contributed by atoms with Gasteiger partial charge in [0, 0.05) is 4.91 Å². The lowest BCUT2D eigenvalue weighted by Crippen LogP contribution is -2.03. The molecule has 0 amide bonds. The van der Waals surface area contributed by atoms with Gasteiger partial charge < -0.3 is 0 Å². The average molecular weight is 201 g/mol. The third kappa shape index (κ3) is 2.13. The summed E-state index contributed by atoms with van der Waals surface area (Å²) in [4.78, 5) is 2.85. The smallest absolute Gasteiger partial charge is 0.0597 e. The van der Waals surface area contributed by atoms with Gasteiger partial charge in [0.2, 0.25) is 0 Å². The minimum Gasteiger partial charge on any atom is -0.0862 e. The minimum atomic E-state index is -0.0535. The highest BCUT2D eigenvalue weighted by Crippen LogP contribution is 2.25. The number of rotatable bonds is 2. The van der Waals surface area contributed by atoms with E-state index in [1.54, 1.807) is 0 Å². The zero-order chi connectivity index (χ0) is 10.7. The van der Waals surface area contributed by atoms with Crippen LogP contribution in [0.2, 0.25) is 0 Å². The van der Waals surface area contributed by atoms with Crippen LogP contribution in [0, 0.1) is 0 Å². The molecule has 1 atom stereocenters. The van der Waals surface area contributed by atoms with Crippen molar-refractivity contribution in [3.63, 3.8) is 0 Å². The molecule has 1 aromatic carbocycles. The van der Waals surface area contributed by atoms with E-state index in [-0.39, 0.29) is 6.04 Å². The minimum absolute atomic E-state index is 0.0535. The molecule has 0 saturated heterocycles. The Hall–Kier alpha value is -1.47. The fourth-order valence-electron chi connectivity index (χ4n) is 2.16. The first-order valence-electron chi connectivity index (χ1n) is 5.47. The van der Waals surface area contributed by atoms with E-state index in [2.05, 4.69) is 28.2 Å². The Morgan fingerprint density at radius 1 is 1.27 bits per heavy atom. The summed E-state index contributed by atoms with van der Waals surface area (Å²) in [7, 11) is 0. The van der Waals surface area contributed by atoms with Crippen LogP contribution in [0.25, 0.3) is 10.4 Å². The second-order valence-corrected chi connectivity index (χ2v) is 4.12. The van der Waals surface area contributed by atoms with Gasteiger partial charge in [-0.3, -0.25) is 0 Å². The fourth-order valence-corrected chi connectivity index (χ4v) is 2.16. The third-order valence-corrected chi connectivity index (χ3v) is 3.08. The summed E-state index contributed by atoms with van der Waals surface area (Å²) >= 11 is 0. The van der Waals surface area contributed by atoms with E-state index in [0.29, 0.717) is 0 Å². The van der Waals surface area contributed by atoms with E-state index in [1.165, 1.54) is 36.8 Å².